The molecule has 1 aromatic carbocycles. The summed E-state index contributed by atoms with van der Waals surface area (Å²) in [6.07, 6.45) is 0. The van der Waals surface area contributed by atoms with Gasteiger partial charge in [-0.15, -0.1) is 0 Å². The van der Waals surface area contributed by atoms with Crippen molar-refractivity contribution in [2.75, 3.05) is 41.0 Å². The number of nitrogens with zero attached hydrogens (tertiary/aromatic N) is 1. The summed E-state index contributed by atoms with van der Waals surface area (Å²) in [4.78, 5) is 26.9. The number of hydrogen-bond donors (Lipinski definition) is 2. The molecule has 1 fully saturated rings. The number of nitrogens with one attached hydrogen (secondary N) is 2. The lowest BCUT2D eigenvalue weighted by Crippen LogP contribution is -2.41. The Morgan fingerprint density at radius 2 is 1.71 bits per heavy atom. The van der Waals surface area contributed by atoms with E-state index >= 15 is 0 Å². The summed E-state index contributed by atoms with van der Waals surface area (Å²) >= 11 is 0. The number of rotatable bonds is 7. The molecule has 0 bridgehead atoms. The molecule has 0 aromatic heterocycles. The largest absolute Gasteiger partial charge is 0.493 e. The van der Waals surface area contributed by atoms with Crippen molar-refractivity contribution >= 4 is 11.9 Å². The minimum Gasteiger partial charge on any atom is -0.493 e. The maximum Gasteiger partial charge on any atom is 0.317 e. The molecule has 1 heterocycles. The van der Waals surface area contributed by atoms with E-state index < -0.39 is 0 Å². The predicted molar refractivity (Wildman–Crippen MR) is 106 cm³/mol. The van der Waals surface area contributed by atoms with Crippen molar-refractivity contribution in [1.29, 1.82) is 0 Å². The second kappa shape index (κ2) is 9.52. The van der Waals surface area contributed by atoms with Crippen LogP contribution in [-0.4, -0.2) is 63.8 Å². The summed E-state index contributed by atoms with van der Waals surface area (Å²) in [6.45, 7) is 7.03. The molecule has 28 heavy (non-hydrogen) atoms. The Hall–Kier alpha value is -2.64. The molecule has 1 aliphatic rings. The van der Waals surface area contributed by atoms with Crippen LogP contribution in [-0.2, 0) is 4.79 Å². The second-order valence-electron chi connectivity index (χ2n) is 7.08. The molecule has 8 nitrogen and oxygen atoms in total. The Balaban J connectivity index is 2.43. The standard InChI is InChI=1S/C20H31N3O5/c1-7-21-20(25)23-10-14(15(11-23)19(24)22-12(2)3)13-8-16(26-4)18(28-6)17(9-13)27-5/h8-9,12,14-15H,7,10-11H2,1-6H3,(H,21,25)(H,22,24). The Kier molecular flexibility index (Phi) is 7.37. The van der Waals surface area contributed by atoms with Gasteiger partial charge in [0, 0.05) is 31.6 Å². The van der Waals surface area contributed by atoms with Crippen molar-refractivity contribution in [3.63, 3.8) is 0 Å². The molecule has 8 heteroatoms. The quantitative estimate of drug-likeness (QED) is 0.739. The minimum atomic E-state index is -0.368. The average Bonchev–Trinajstić information content (AvgIpc) is 3.12. The van der Waals surface area contributed by atoms with E-state index in [9.17, 15) is 9.59 Å². The van der Waals surface area contributed by atoms with Crippen LogP contribution in [0.4, 0.5) is 4.79 Å². The number of likely N-dealkylation sites (tertiary alicyclic amines) is 1. The SMILES string of the molecule is CCNC(=O)N1CC(C(=O)NC(C)C)C(c2cc(OC)c(OC)c(OC)c2)C1. The number of amides is 3. The van der Waals surface area contributed by atoms with Crippen LogP contribution in [0.5, 0.6) is 17.2 Å². The number of urea groups is 1. The molecule has 0 saturated carbocycles. The third kappa shape index (κ3) is 4.61. The maximum absolute atomic E-state index is 12.8. The lowest BCUT2D eigenvalue weighted by molar-refractivity contribution is -0.125. The number of methoxy groups -OCH3 is 3. The van der Waals surface area contributed by atoms with Gasteiger partial charge in [0.1, 0.15) is 0 Å². The molecule has 156 valence electrons. The first-order valence-electron chi connectivity index (χ1n) is 9.49. The lowest BCUT2D eigenvalue weighted by atomic mass is 9.87. The third-order valence-corrected chi connectivity index (χ3v) is 4.82. The smallest absolute Gasteiger partial charge is 0.317 e. The van der Waals surface area contributed by atoms with Gasteiger partial charge >= 0.3 is 6.03 Å². The van der Waals surface area contributed by atoms with Gasteiger partial charge in [-0.1, -0.05) is 0 Å². The van der Waals surface area contributed by atoms with E-state index in [4.69, 9.17) is 14.2 Å². The summed E-state index contributed by atoms with van der Waals surface area (Å²) in [5, 5.41) is 5.78. The number of carbonyl (C=O) groups is 2. The maximum atomic E-state index is 12.8. The highest BCUT2D eigenvalue weighted by Crippen LogP contribution is 2.43. The fraction of sp³-hybridized carbons (Fsp3) is 0.600. The number of benzene rings is 1. The van der Waals surface area contributed by atoms with Crippen molar-refractivity contribution in [2.24, 2.45) is 5.92 Å². The van der Waals surface area contributed by atoms with Crippen LogP contribution in [0.2, 0.25) is 0 Å². The molecule has 0 spiro atoms. The van der Waals surface area contributed by atoms with Gasteiger partial charge in [0.25, 0.3) is 0 Å². The van der Waals surface area contributed by atoms with Crippen molar-refractivity contribution in [3.05, 3.63) is 17.7 Å². The summed E-state index contributed by atoms with van der Waals surface area (Å²) in [5.74, 6) is 0.923. The van der Waals surface area contributed by atoms with E-state index in [1.807, 2.05) is 32.9 Å². The molecule has 1 aromatic rings. The lowest BCUT2D eigenvalue weighted by Gasteiger charge is -2.21. The highest BCUT2D eigenvalue weighted by molar-refractivity contribution is 5.83. The van der Waals surface area contributed by atoms with Crippen molar-refractivity contribution in [1.82, 2.24) is 15.5 Å². The normalized spacial score (nSPS) is 18.8. The van der Waals surface area contributed by atoms with Gasteiger partial charge in [-0.05, 0) is 38.5 Å². The van der Waals surface area contributed by atoms with Gasteiger partial charge in [0.2, 0.25) is 11.7 Å². The molecular formula is C20H31N3O5. The topological polar surface area (TPSA) is 89.1 Å². The van der Waals surface area contributed by atoms with Gasteiger partial charge in [-0.2, -0.15) is 0 Å². The summed E-state index contributed by atoms with van der Waals surface area (Å²) in [7, 11) is 4.66. The average molecular weight is 393 g/mol. The van der Waals surface area contributed by atoms with Crippen LogP contribution in [0.1, 0.15) is 32.3 Å². The van der Waals surface area contributed by atoms with Crippen LogP contribution in [0.25, 0.3) is 0 Å². The van der Waals surface area contributed by atoms with Gasteiger partial charge in [-0.25, -0.2) is 4.79 Å². The van der Waals surface area contributed by atoms with E-state index in [0.29, 0.717) is 36.9 Å². The van der Waals surface area contributed by atoms with E-state index in [1.54, 1.807) is 26.2 Å². The van der Waals surface area contributed by atoms with E-state index in [1.165, 1.54) is 0 Å². The zero-order chi connectivity index (χ0) is 20.8. The fourth-order valence-corrected chi connectivity index (χ4v) is 3.54. The Morgan fingerprint density at radius 1 is 1.11 bits per heavy atom. The van der Waals surface area contributed by atoms with E-state index in [0.717, 1.165) is 5.56 Å². The summed E-state index contributed by atoms with van der Waals surface area (Å²) in [6, 6.07) is 3.55. The first-order valence-corrected chi connectivity index (χ1v) is 9.49. The Morgan fingerprint density at radius 3 is 2.18 bits per heavy atom. The Labute approximate surface area is 166 Å². The Bertz CT molecular complexity index is 682. The van der Waals surface area contributed by atoms with Crippen molar-refractivity contribution in [3.8, 4) is 17.2 Å². The van der Waals surface area contributed by atoms with Gasteiger partial charge in [0.05, 0.1) is 27.2 Å². The number of carbonyl (C=O) groups excluding carboxylic acids is 2. The fourth-order valence-electron chi connectivity index (χ4n) is 3.54. The first kappa shape index (κ1) is 21.7. The number of ether oxygens (including phenoxy) is 3. The van der Waals surface area contributed by atoms with Gasteiger partial charge in [0.15, 0.2) is 11.5 Å². The summed E-state index contributed by atoms with van der Waals surface area (Å²) in [5.41, 5.74) is 0.866. The van der Waals surface area contributed by atoms with Gasteiger partial charge in [-0.3, -0.25) is 4.79 Å². The molecule has 2 rings (SSSR count). The zero-order valence-corrected chi connectivity index (χ0v) is 17.5. The van der Waals surface area contributed by atoms with Crippen LogP contribution in [0.3, 0.4) is 0 Å². The highest BCUT2D eigenvalue weighted by Gasteiger charge is 2.41. The molecule has 1 aliphatic heterocycles. The molecule has 3 amide bonds. The molecule has 0 aliphatic carbocycles. The zero-order valence-electron chi connectivity index (χ0n) is 17.5. The highest BCUT2D eigenvalue weighted by atomic mass is 16.5. The predicted octanol–water partition coefficient (Wildman–Crippen LogP) is 1.98. The molecule has 2 atom stereocenters. The van der Waals surface area contributed by atoms with E-state index in [2.05, 4.69) is 10.6 Å². The van der Waals surface area contributed by atoms with Crippen LogP contribution < -0.4 is 24.8 Å². The molecule has 2 N–H and O–H groups in total. The van der Waals surface area contributed by atoms with Crippen molar-refractivity contribution < 1.29 is 23.8 Å². The molecular weight excluding hydrogens is 362 g/mol. The molecule has 0 radical (unpaired) electrons. The second-order valence-corrected chi connectivity index (χ2v) is 7.08. The van der Waals surface area contributed by atoms with E-state index in [-0.39, 0.29) is 29.8 Å². The molecule has 2 unspecified atom stereocenters. The third-order valence-electron chi connectivity index (χ3n) is 4.82. The first-order chi connectivity index (χ1) is 13.4. The summed E-state index contributed by atoms with van der Waals surface area (Å²) < 4.78 is 16.3. The van der Waals surface area contributed by atoms with Crippen LogP contribution >= 0.6 is 0 Å². The van der Waals surface area contributed by atoms with Crippen molar-refractivity contribution in [2.45, 2.75) is 32.7 Å². The van der Waals surface area contributed by atoms with Crippen LogP contribution in [0, 0.1) is 5.92 Å². The number of hydrogen-bond acceptors (Lipinski definition) is 5. The minimum absolute atomic E-state index is 0.0200. The van der Waals surface area contributed by atoms with Crippen LogP contribution in [0.15, 0.2) is 12.1 Å². The van der Waals surface area contributed by atoms with Gasteiger partial charge < -0.3 is 29.7 Å². The monoisotopic (exact) mass is 393 g/mol. The molecule has 1 saturated heterocycles.